The Morgan fingerprint density at radius 3 is 2.87 bits per heavy atom. The number of H-pyrrole nitrogens is 1. The summed E-state index contributed by atoms with van der Waals surface area (Å²) in [6, 6.07) is 6.08. The Morgan fingerprint density at radius 1 is 1.39 bits per heavy atom. The van der Waals surface area contributed by atoms with Gasteiger partial charge in [-0.15, -0.1) is 0 Å². The molecule has 3 aromatic rings. The van der Waals surface area contributed by atoms with Crippen LogP contribution in [0.4, 0.5) is 4.79 Å². The Balaban J connectivity index is 2.20. The van der Waals surface area contributed by atoms with Crippen molar-refractivity contribution in [3.63, 3.8) is 0 Å². The Hall–Kier alpha value is -2.60. The third-order valence-electron chi connectivity index (χ3n) is 3.93. The summed E-state index contributed by atoms with van der Waals surface area (Å²) in [6.07, 6.45) is 0.211. The molecule has 6 heteroatoms. The number of pyridine rings is 1. The Kier molecular flexibility index (Phi) is 3.92. The number of benzene rings is 1. The molecule has 2 N–H and O–H groups in total. The largest absolute Gasteiger partial charge is 0.512 e. The van der Waals surface area contributed by atoms with Crippen molar-refractivity contribution < 1.29 is 19.4 Å². The number of carbonyl (C=O) groups is 1. The molecule has 0 saturated heterocycles. The molecule has 0 saturated carbocycles. The van der Waals surface area contributed by atoms with Gasteiger partial charge < -0.3 is 19.6 Å². The van der Waals surface area contributed by atoms with Gasteiger partial charge in [-0.2, -0.15) is 0 Å². The number of rotatable bonds is 4. The van der Waals surface area contributed by atoms with Crippen molar-refractivity contribution in [1.29, 1.82) is 0 Å². The number of hydrogen-bond acceptors (Lipinski definition) is 4. The first-order valence-corrected chi connectivity index (χ1v) is 7.44. The topological polar surface area (TPSA) is 84.4 Å². The van der Waals surface area contributed by atoms with E-state index in [-0.39, 0.29) is 12.0 Å². The highest BCUT2D eigenvalue weighted by Crippen LogP contribution is 2.33. The zero-order valence-corrected chi connectivity index (χ0v) is 13.2. The second kappa shape index (κ2) is 5.89. The number of fused-ring (bicyclic) bond motifs is 3. The van der Waals surface area contributed by atoms with Crippen LogP contribution in [0.1, 0.15) is 31.1 Å². The summed E-state index contributed by atoms with van der Waals surface area (Å²) < 4.78 is 10.4. The fourth-order valence-corrected chi connectivity index (χ4v) is 2.84. The Bertz CT molecular complexity index is 885. The summed E-state index contributed by atoms with van der Waals surface area (Å²) in [5, 5.41) is 10.7. The molecular weight excluding hydrogens is 296 g/mol. The van der Waals surface area contributed by atoms with Crippen LogP contribution in [0.25, 0.3) is 21.8 Å². The molecule has 1 unspecified atom stereocenters. The lowest BCUT2D eigenvalue weighted by Gasteiger charge is -2.12. The second-order valence-electron chi connectivity index (χ2n) is 5.37. The van der Waals surface area contributed by atoms with Gasteiger partial charge in [0, 0.05) is 28.5 Å². The number of carboxylic acid groups (broad SMARTS) is 1. The molecule has 3 rings (SSSR count). The van der Waals surface area contributed by atoms with E-state index in [2.05, 4.69) is 16.0 Å². The van der Waals surface area contributed by atoms with Gasteiger partial charge in [0.25, 0.3) is 0 Å². The fraction of sp³-hybridized carbons (Fsp3) is 0.294. The van der Waals surface area contributed by atoms with Crippen molar-refractivity contribution in [3.05, 3.63) is 35.5 Å². The smallest absolute Gasteiger partial charge is 0.449 e. The SMILES string of the molecule is CCOC(C)c1ccc2[nH]c3cnc(OC(=O)O)c(C)c3c2c1. The van der Waals surface area contributed by atoms with E-state index >= 15 is 0 Å². The predicted octanol–water partition coefficient (Wildman–Crippen LogP) is 4.18. The lowest BCUT2D eigenvalue weighted by Crippen LogP contribution is -2.05. The minimum absolute atomic E-state index is 0.00812. The Labute approximate surface area is 133 Å². The number of hydrogen-bond donors (Lipinski definition) is 2. The van der Waals surface area contributed by atoms with Crippen molar-refractivity contribution in [2.24, 2.45) is 0 Å². The summed E-state index contributed by atoms with van der Waals surface area (Å²) in [7, 11) is 0. The van der Waals surface area contributed by atoms with E-state index in [0.717, 1.165) is 27.4 Å². The monoisotopic (exact) mass is 314 g/mol. The van der Waals surface area contributed by atoms with Gasteiger partial charge in [-0.1, -0.05) is 6.07 Å². The van der Waals surface area contributed by atoms with E-state index in [1.165, 1.54) is 0 Å². The van der Waals surface area contributed by atoms with Gasteiger partial charge in [0.05, 0.1) is 17.8 Å². The highest BCUT2D eigenvalue weighted by Gasteiger charge is 2.15. The van der Waals surface area contributed by atoms with Crippen molar-refractivity contribution >= 4 is 28.0 Å². The molecule has 23 heavy (non-hydrogen) atoms. The summed E-state index contributed by atoms with van der Waals surface area (Å²) >= 11 is 0. The van der Waals surface area contributed by atoms with Crippen LogP contribution in [-0.2, 0) is 4.74 Å². The molecule has 0 aliphatic carbocycles. The molecule has 2 aromatic heterocycles. The first kappa shape index (κ1) is 15.3. The highest BCUT2D eigenvalue weighted by molar-refractivity contribution is 6.09. The normalized spacial score (nSPS) is 12.7. The first-order chi connectivity index (χ1) is 11.0. The molecule has 0 radical (unpaired) electrons. The summed E-state index contributed by atoms with van der Waals surface area (Å²) in [6.45, 7) is 6.42. The first-order valence-electron chi connectivity index (χ1n) is 7.44. The maximum absolute atomic E-state index is 10.8. The van der Waals surface area contributed by atoms with Crippen LogP contribution < -0.4 is 4.74 Å². The lowest BCUT2D eigenvalue weighted by molar-refractivity contribution is 0.0765. The summed E-state index contributed by atoms with van der Waals surface area (Å²) in [5.74, 6) is 0.106. The van der Waals surface area contributed by atoms with E-state index < -0.39 is 6.16 Å². The van der Waals surface area contributed by atoms with Gasteiger partial charge in [0.2, 0.25) is 5.88 Å². The molecule has 2 heterocycles. The second-order valence-corrected chi connectivity index (χ2v) is 5.37. The number of ether oxygens (including phenoxy) is 2. The Morgan fingerprint density at radius 2 is 2.17 bits per heavy atom. The zero-order chi connectivity index (χ0) is 16.6. The molecule has 1 aromatic carbocycles. The third-order valence-corrected chi connectivity index (χ3v) is 3.93. The molecule has 120 valence electrons. The van der Waals surface area contributed by atoms with Crippen LogP contribution in [0.5, 0.6) is 5.88 Å². The quantitative estimate of drug-likeness (QED) is 0.706. The lowest BCUT2D eigenvalue weighted by atomic mass is 10.0. The van der Waals surface area contributed by atoms with Crippen LogP contribution in [0.15, 0.2) is 24.4 Å². The van der Waals surface area contributed by atoms with E-state index in [9.17, 15) is 4.79 Å². The van der Waals surface area contributed by atoms with Gasteiger partial charge in [-0.05, 0) is 38.5 Å². The molecule has 0 aliphatic heterocycles. The predicted molar refractivity (Wildman–Crippen MR) is 87.0 cm³/mol. The van der Waals surface area contributed by atoms with Crippen LogP contribution in [-0.4, -0.2) is 27.8 Å². The number of nitrogens with zero attached hydrogens (tertiary/aromatic N) is 1. The maximum Gasteiger partial charge on any atom is 0.512 e. The zero-order valence-electron chi connectivity index (χ0n) is 13.2. The summed E-state index contributed by atoms with van der Waals surface area (Å²) in [5.41, 5.74) is 3.57. The van der Waals surface area contributed by atoms with Crippen LogP contribution in [0.3, 0.4) is 0 Å². The maximum atomic E-state index is 10.8. The number of aryl methyl sites for hydroxylation is 1. The van der Waals surface area contributed by atoms with Crippen LogP contribution in [0, 0.1) is 6.92 Å². The number of nitrogens with one attached hydrogen (secondary N) is 1. The minimum Gasteiger partial charge on any atom is -0.449 e. The van der Waals surface area contributed by atoms with Gasteiger partial charge in [0.1, 0.15) is 0 Å². The van der Waals surface area contributed by atoms with Gasteiger partial charge >= 0.3 is 6.16 Å². The molecule has 0 amide bonds. The van der Waals surface area contributed by atoms with Gasteiger partial charge in [0.15, 0.2) is 0 Å². The van der Waals surface area contributed by atoms with Crippen LogP contribution in [0.2, 0.25) is 0 Å². The molecular formula is C17H18N2O4. The van der Waals surface area contributed by atoms with E-state index in [4.69, 9.17) is 14.6 Å². The van der Waals surface area contributed by atoms with E-state index in [1.54, 1.807) is 13.1 Å². The molecule has 1 atom stereocenters. The van der Waals surface area contributed by atoms with Crippen molar-refractivity contribution in [2.75, 3.05) is 6.61 Å². The van der Waals surface area contributed by atoms with Gasteiger partial charge in [-0.25, -0.2) is 9.78 Å². The number of aromatic amines is 1. The molecule has 0 bridgehead atoms. The minimum atomic E-state index is -1.37. The van der Waals surface area contributed by atoms with Crippen molar-refractivity contribution in [3.8, 4) is 5.88 Å². The molecule has 0 aliphatic rings. The fourth-order valence-electron chi connectivity index (χ4n) is 2.84. The van der Waals surface area contributed by atoms with E-state index in [1.807, 2.05) is 26.0 Å². The average molecular weight is 314 g/mol. The summed E-state index contributed by atoms with van der Waals surface area (Å²) in [4.78, 5) is 18.1. The number of aromatic nitrogens is 2. The van der Waals surface area contributed by atoms with E-state index in [0.29, 0.717) is 12.2 Å². The molecule has 0 spiro atoms. The average Bonchev–Trinajstić information content (AvgIpc) is 2.88. The van der Waals surface area contributed by atoms with Gasteiger partial charge in [-0.3, -0.25) is 0 Å². The van der Waals surface area contributed by atoms with Crippen molar-refractivity contribution in [1.82, 2.24) is 9.97 Å². The highest BCUT2D eigenvalue weighted by atomic mass is 16.7. The molecule has 0 fully saturated rings. The van der Waals surface area contributed by atoms with Crippen molar-refractivity contribution in [2.45, 2.75) is 26.9 Å². The molecule has 6 nitrogen and oxygen atoms in total. The third kappa shape index (κ3) is 2.73. The standard InChI is InChI=1S/C17H18N2O4/c1-4-22-10(3)11-5-6-13-12(7-11)15-9(2)16(23-17(20)21)18-8-14(15)19-13/h5-8,10,19H,4H2,1-3H3,(H,20,21). The van der Waals surface area contributed by atoms with Crippen LogP contribution >= 0.6 is 0 Å².